The molecule has 0 saturated carbocycles. The average molecular weight is 327 g/mol. The van der Waals surface area contributed by atoms with Crippen molar-refractivity contribution in [2.75, 3.05) is 18.0 Å². The zero-order valence-electron chi connectivity index (χ0n) is 10.8. The van der Waals surface area contributed by atoms with E-state index in [0.29, 0.717) is 6.42 Å². The molecule has 5 heteroatoms. The Morgan fingerprint density at radius 2 is 2.11 bits per heavy atom. The minimum atomic E-state index is -0.801. The number of nitrogens with two attached hydrogens (primary N) is 1. The molecule has 0 radical (unpaired) electrons. The predicted molar refractivity (Wildman–Crippen MR) is 79.4 cm³/mol. The zero-order chi connectivity index (χ0) is 13.8. The molecule has 1 fully saturated rings. The number of hydrogen-bond donors (Lipinski definition) is 2. The average Bonchev–Trinajstić information content (AvgIpc) is 2.89. The molecule has 0 aliphatic carbocycles. The van der Waals surface area contributed by atoms with Crippen molar-refractivity contribution in [1.29, 1.82) is 0 Å². The molecule has 1 heterocycles. The first-order valence-corrected chi connectivity index (χ1v) is 7.39. The molecule has 0 amide bonds. The fraction of sp³-hybridized carbons (Fsp3) is 0.500. The highest BCUT2D eigenvalue weighted by atomic mass is 79.9. The molecule has 3 N–H and O–H groups in total. The van der Waals surface area contributed by atoms with E-state index < -0.39 is 5.97 Å². The van der Waals surface area contributed by atoms with Gasteiger partial charge in [-0.15, -0.1) is 0 Å². The van der Waals surface area contributed by atoms with E-state index in [1.54, 1.807) is 0 Å². The number of anilines is 1. The van der Waals surface area contributed by atoms with Crippen LogP contribution in [0.15, 0.2) is 22.7 Å². The van der Waals surface area contributed by atoms with Crippen LogP contribution in [-0.2, 0) is 4.79 Å². The largest absolute Gasteiger partial charge is 0.481 e. The molecular weight excluding hydrogens is 308 g/mol. The molecule has 4 nitrogen and oxygen atoms in total. The molecule has 0 aromatic heterocycles. The Labute approximate surface area is 121 Å². The standard InChI is InChI=1S/C14H19BrN2O2/c15-10-4-3-5-12(17-8-1-2-9-17)14(10)11(16)6-7-13(18)19/h3-5,11H,1-2,6-9,16H2,(H,18,19). The molecule has 1 atom stereocenters. The lowest BCUT2D eigenvalue weighted by molar-refractivity contribution is -0.137. The monoisotopic (exact) mass is 326 g/mol. The summed E-state index contributed by atoms with van der Waals surface area (Å²) in [5.74, 6) is -0.801. The van der Waals surface area contributed by atoms with Gasteiger partial charge in [0, 0.05) is 41.3 Å². The zero-order valence-corrected chi connectivity index (χ0v) is 12.4. The van der Waals surface area contributed by atoms with Gasteiger partial charge in [-0.1, -0.05) is 22.0 Å². The van der Waals surface area contributed by atoms with Crippen LogP contribution >= 0.6 is 15.9 Å². The second kappa shape index (κ2) is 6.39. The number of halogens is 1. The normalized spacial score (nSPS) is 16.6. The van der Waals surface area contributed by atoms with Crippen LogP contribution in [0.1, 0.15) is 37.3 Å². The van der Waals surface area contributed by atoms with E-state index in [4.69, 9.17) is 10.8 Å². The fourth-order valence-electron chi connectivity index (χ4n) is 2.55. The van der Waals surface area contributed by atoms with Crippen LogP contribution in [-0.4, -0.2) is 24.2 Å². The first kappa shape index (κ1) is 14.3. The summed E-state index contributed by atoms with van der Waals surface area (Å²) < 4.78 is 0.967. The van der Waals surface area contributed by atoms with E-state index in [1.807, 2.05) is 12.1 Å². The topological polar surface area (TPSA) is 66.6 Å². The lowest BCUT2D eigenvalue weighted by Crippen LogP contribution is -2.23. The Morgan fingerprint density at radius 1 is 1.42 bits per heavy atom. The number of aliphatic carboxylic acids is 1. The molecule has 0 spiro atoms. The lowest BCUT2D eigenvalue weighted by Gasteiger charge is -2.25. The summed E-state index contributed by atoms with van der Waals surface area (Å²) >= 11 is 3.55. The van der Waals surface area contributed by atoms with Crippen LogP contribution in [0.25, 0.3) is 0 Å². The van der Waals surface area contributed by atoms with Gasteiger partial charge in [-0.05, 0) is 31.4 Å². The number of benzene rings is 1. The number of rotatable bonds is 5. The molecule has 0 bridgehead atoms. The van der Waals surface area contributed by atoms with Gasteiger partial charge < -0.3 is 15.7 Å². The summed E-state index contributed by atoms with van der Waals surface area (Å²) in [4.78, 5) is 13.0. The van der Waals surface area contributed by atoms with Gasteiger partial charge in [0.2, 0.25) is 0 Å². The van der Waals surface area contributed by atoms with Crippen molar-refractivity contribution in [3.8, 4) is 0 Å². The minimum Gasteiger partial charge on any atom is -0.481 e. The van der Waals surface area contributed by atoms with Crippen molar-refractivity contribution in [3.63, 3.8) is 0 Å². The quantitative estimate of drug-likeness (QED) is 0.873. The Hall–Kier alpha value is -1.07. The van der Waals surface area contributed by atoms with E-state index in [0.717, 1.165) is 28.8 Å². The van der Waals surface area contributed by atoms with Crippen molar-refractivity contribution in [3.05, 3.63) is 28.2 Å². The van der Waals surface area contributed by atoms with Gasteiger partial charge in [0.05, 0.1) is 0 Å². The number of hydrogen-bond acceptors (Lipinski definition) is 3. The molecular formula is C14H19BrN2O2. The Bertz CT molecular complexity index is 459. The summed E-state index contributed by atoms with van der Waals surface area (Å²) in [5.41, 5.74) is 8.37. The van der Waals surface area contributed by atoms with Crippen LogP contribution in [0.3, 0.4) is 0 Å². The fourth-order valence-corrected chi connectivity index (χ4v) is 3.20. The minimum absolute atomic E-state index is 0.0991. The molecule has 19 heavy (non-hydrogen) atoms. The smallest absolute Gasteiger partial charge is 0.303 e. The number of carbonyl (C=O) groups is 1. The van der Waals surface area contributed by atoms with Crippen molar-refractivity contribution < 1.29 is 9.90 Å². The van der Waals surface area contributed by atoms with Crippen LogP contribution in [0.4, 0.5) is 5.69 Å². The maximum atomic E-state index is 10.7. The van der Waals surface area contributed by atoms with Gasteiger partial charge in [0.15, 0.2) is 0 Å². The predicted octanol–water partition coefficient (Wildman–Crippen LogP) is 2.91. The molecule has 1 aliphatic rings. The van der Waals surface area contributed by atoms with Crippen LogP contribution in [0, 0.1) is 0 Å². The highest BCUT2D eigenvalue weighted by Gasteiger charge is 2.21. The maximum absolute atomic E-state index is 10.7. The van der Waals surface area contributed by atoms with E-state index in [-0.39, 0.29) is 12.5 Å². The molecule has 104 valence electrons. The number of carboxylic acids is 1. The second-order valence-electron chi connectivity index (χ2n) is 4.91. The van der Waals surface area contributed by atoms with Crippen molar-refractivity contribution >= 4 is 27.6 Å². The summed E-state index contributed by atoms with van der Waals surface area (Å²) in [6.07, 6.45) is 2.97. The van der Waals surface area contributed by atoms with Crippen molar-refractivity contribution in [1.82, 2.24) is 0 Å². The SMILES string of the molecule is NC(CCC(=O)O)c1c(Br)cccc1N1CCCC1. The van der Waals surface area contributed by atoms with Gasteiger partial charge in [0.25, 0.3) is 0 Å². The summed E-state index contributed by atoms with van der Waals surface area (Å²) in [6, 6.07) is 5.80. The van der Waals surface area contributed by atoms with Gasteiger partial charge >= 0.3 is 5.97 Å². The Morgan fingerprint density at radius 3 is 2.74 bits per heavy atom. The number of nitrogens with zero attached hydrogens (tertiary/aromatic N) is 1. The third kappa shape index (κ3) is 3.48. The summed E-state index contributed by atoms with van der Waals surface area (Å²) in [7, 11) is 0. The van der Waals surface area contributed by atoms with E-state index in [2.05, 4.69) is 26.9 Å². The summed E-state index contributed by atoms with van der Waals surface area (Å²) in [5, 5.41) is 8.78. The highest BCUT2D eigenvalue weighted by molar-refractivity contribution is 9.10. The first-order valence-electron chi connectivity index (χ1n) is 6.60. The molecule has 1 unspecified atom stereocenters. The maximum Gasteiger partial charge on any atom is 0.303 e. The van der Waals surface area contributed by atoms with Crippen LogP contribution in [0.2, 0.25) is 0 Å². The second-order valence-corrected chi connectivity index (χ2v) is 5.76. The molecule has 1 saturated heterocycles. The molecule has 1 aliphatic heterocycles. The third-order valence-electron chi connectivity index (χ3n) is 3.52. The van der Waals surface area contributed by atoms with Crippen LogP contribution in [0.5, 0.6) is 0 Å². The van der Waals surface area contributed by atoms with Crippen molar-refractivity contribution in [2.24, 2.45) is 5.73 Å². The first-order chi connectivity index (χ1) is 9.09. The molecule has 2 rings (SSSR count). The lowest BCUT2D eigenvalue weighted by atomic mass is 10.0. The van der Waals surface area contributed by atoms with Crippen LogP contribution < -0.4 is 10.6 Å². The Balaban J connectivity index is 2.23. The summed E-state index contributed by atoms with van der Waals surface area (Å²) in [6.45, 7) is 2.10. The van der Waals surface area contributed by atoms with E-state index in [9.17, 15) is 4.79 Å². The molecule has 1 aromatic rings. The molecule has 1 aromatic carbocycles. The number of carboxylic acid groups (broad SMARTS) is 1. The van der Waals surface area contributed by atoms with Gasteiger partial charge in [-0.2, -0.15) is 0 Å². The van der Waals surface area contributed by atoms with Gasteiger partial charge in [-0.25, -0.2) is 0 Å². The van der Waals surface area contributed by atoms with Gasteiger partial charge in [-0.3, -0.25) is 4.79 Å². The highest BCUT2D eigenvalue weighted by Crippen LogP contribution is 2.35. The van der Waals surface area contributed by atoms with E-state index >= 15 is 0 Å². The van der Waals surface area contributed by atoms with E-state index in [1.165, 1.54) is 12.8 Å². The van der Waals surface area contributed by atoms with Gasteiger partial charge in [0.1, 0.15) is 0 Å². The Kier molecular flexibility index (Phi) is 4.82. The third-order valence-corrected chi connectivity index (χ3v) is 4.21. The van der Waals surface area contributed by atoms with Crippen molar-refractivity contribution in [2.45, 2.75) is 31.7 Å².